The van der Waals surface area contributed by atoms with E-state index in [2.05, 4.69) is 69.7 Å². The number of thioether (sulfide) groups is 1. The fourth-order valence-electron chi connectivity index (χ4n) is 2.42. The van der Waals surface area contributed by atoms with Crippen LogP contribution in [0.5, 0.6) is 0 Å². The van der Waals surface area contributed by atoms with E-state index in [1.165, 1.54) is 4.90 Å². The maximum absolute atomic E-state index is 5.85. The first-order valence-corrected chi connectivity index (χ1v) is 10.3. The lowest BCUT2D eigenvalue weighted by molar-refractivity contribution is 0.0347. The quantitative estimate of drug-likeness (QED) is 0.220. The molecule has 0 radical (unpaired) electrons. The minimum absolute atomic E-state index is 0. The largest absolute Gasteiger partial charge is 0.379 e. The van der Waals surface area contributed by atoms with E-state index in [1.807, 2.05) is 11.8 Å². The van der Waals surface area contributed by atoms with E-state index < -0.39 is 0 Å². The number of guanidine groups is 1. The zero-order valence-corrected chi connectivity index (χ0v) is 20.3. The van der Waals surface area contributed by atoms with Gasteiger partial charge in [-0.15, -0.1) is 35.7 Å². The normalized spacial score (nSPS) is 19.5. The molecule has 0 aliphatic carbocycles. The number of rotatable bonds is 8. The van der Waals surface area contributed by atoms with Gasteiger partial charge in [-0.25, -0.2) is 0 Å². The molecule has 1 heterocycles. The lowest BCUT2D eigenvalue weighted by Gasteiger charge is -2.21. The zero-order chi connectivity index (χ0) is 18.1. The highest BCUT2D eigenvalue weighted by Gasteiger charge is 2.17. The van der Waals surface area contributed by atoms with Gasteiger partial charge in [-0.2, -0.15) is 0 Å². The number of halogens is 2. The van der Waals surface area contributed by atoms with Gasteiger partial charge >= 0.3 is 0 Å². The van der Waals surface area contributed by atoms with Crippen LogP contribution < -0.4 is 10.6 Å². The van der Waals surface area contributed by atoms with E-state index in [0.717, 1.165) is 30.0 Å². The molecule has 1 aromatic rings. The first-order valence-electron chi connectivity index (χ1n) is 8.65. The summed E-state index contributed by atoms with van der Waals surface area (Å²) in [6, 6.07) is 8.59. The molecule has 0 spiro atoms. The number of benzene rings is 1. The molecule has 0 amide bonds. The molecule has 0 saturated carbocycles. The number of hydrogen-bond acceptors (Lipinski definition) is 4. The molecule has 8 heteroatoms. The van der Waals surface area contributed by atoms with Crippen LogP contribution in [-0.4, -0.2) is 56.8 Å². The van der Waals surface area contributed by atoms with Crippen LogP contribution in [-0.2, 0) is 9.47 Å². The molecule has 3 atom stereocenters. The van der Waals surface area contributed by atoms with Gasteiger partial charge in [-0.05, 0) is 37.6 Å². The lowest BCUT2D eigenvalue weighted by Crippen LogP contribution is -2.46. The molecule has 1 aliphatic rings. The molecule has 1 saturated heterocycles. The molecule has 0 aromatic heterocycles. The third-order valence-electron chi connectivity index (χ3n) is 3.78. The minimum atomic E-state index is 0. The topological polar surface area (TPSA) is 54.9 Å². The molecular formula is C18H29BrIN3O2S. The van der Waals surface area contributed by atoms with Crippen LogP contribution in [0.2, 0.25) is 0 Å². The summed E-state index contributed by atoms with van der Waals surface area (Å²) < 4.78 is 12.3. The fraction of sp³-hybridized carbons (Fsp3) is 0.611. The molecule has 2 N–H and O–H groups in total. The Balaban J connectivity index is 0.00000338. The molecule has 26 heavy (non-hydrogen) atoms. The molecule has 0 bridgehead atoms. The van der Waals surface area contributed by atoms with Gasteiger partial charge in [0.2, 0.25) is 0 Å². The Morgan fingerprint density at radius 2 is 2.12 bits per heavy atom. The van der Waals surface area contributed by atoms with Gasteiger partial charge in [0.1, 0.15) is 0 Å². The highest BCUT2D eigenvalue weighted by atomic mass is 127. The Kier molecular flexibility index (Phi) is 12.2. The van der Waals surface area contributed by atoms with Crippen molar-refractivity contribution in [2.75, 3.05) is 33.4 Å². The Bertz CT molecular complexity index is 542. The Morgan fingerprint density at radius 1 is 1.38 bits per heavy atom. The number of hydrogen-bond donors (Lipinski definition) is 2. The molecule has 1 aromatic carbocycles. The Labute approximate surface area is 186 Å². The van der Waals surface area contributed by atoms with Crippen molar-refractivity contribution in [2.45, 2.75) is 42.6 Å². The first kappa shape index (κ1) is 24.0. The second-order valence-corrected chi connectivity index (χ2v) is 8.63. The summed E-state index contributed by atoms with van der Waals surface area (Å²) in [5, 5.41) is 7.20. The van der Waals surface area contributed by atoms with Crippen LogP contribution >= 0.6 is 51.7 Å². The van der Waals surface area contributed by atoms with Crippen LogP contribution in [0.25, 0.3) is 0 Å². The highest BCUT2D eigenvalue weighted by Crippen LogP contribution is 2.24. The van der Waals surface area contributed by atoms with Gasteiger partial charge in [-0.3, -0.25) is 4.99 Å². The second kappa shape index (κ2) is 13.2. The van der Waals surface area contributed by atoms with E-state index in [-0.39, 0.29) is 36.1 Å². The van der Waals surface area contributed by atoms with Crippen molar-refractivity contribution in [1.82, 2.24) is 10.6 Å². The average molecular weight is 558 g/mol. The van der Waals surface area contributed by atoms with Crippen molar-refractivity contribution in [1.29, 1.82) is 0 Å². The van der Waals surface area contributed by atoms with Gasteiger partial charge in [0.25, 0.3) is 0 Å². The van der Waals surface area contributed by atoms with E-state index in [0.29, 0.717) is 18.5 Å². The number of nitrogens with zero attached hydrogens (tertiary/aromatic N) is 1. The Hall–Kier alpha value is -0.0300. The summed E-state index contributed by atoms with van der Waals surface area (Å²) in [7, 11) is 1.79. The first-order chi connectivity index (χ1) is 12.1. The fourth-order valence-corrected chi connectivity index (χ4v) is 3.61. The van der Waals surface area contributed by atoms with Crippen LogP contribution in [0.1, 0.15) is 20.3 Å². The van der Waals surface area contributed by atoms with Gasteiger partial charge in [0.15, 0.2) is 5.96 Å². The van der Waals surface area contributed by atoms with Gasteiger partial charge < -0.3 is 20.1 Å². The summed E-state index contributed by atoms with van der Waals surface area (Å²) >= 11 is 5.31. The van der Waals surface area contributed by atoms with Crippen LogP contribution in [0.4, 0.5) is 0 Å². The number of nitrogens with one attached hydrogen (secondary N) is 2. The van der Waals surface area contributed by atoms with Gasteiger partial charge in [-0.1, -0.05) is 22.9 Å². The SMILES string of the molecule is CN=C(NCC(C)Sc1ccc(Br)cc1)NC(C)COC1CCOC1.I. The van der Waals surface area contributed by atoms with Crippen molar-refractivity contribution in [3.63, 3.8) is 0 Å². The maximum atomic E-state index is 5.85. The van der Waals surface area contributed by atoms with Crippen LogP contribution in [0, 0.1) is 0 Å². The summed E-state index contributed by atoms with van der Waals surface area (Å²) in [6.07, 6.45) is 1.23. The average Bonchev–Trinajstić information content (AvgIpc) is 3.12. The van der Waals surface area contributed by atoms with Gasteiger partial charge in [0.05, 0.1) is 19.3 Å². The second-order valence-electron chi connectivity index (χ2n) is 6.20. The minimum Gasteiger partial charge on any atom is -0.379 e. The van der Waals surface area contributed by atoms with Crippen molar-refractivity contribution < 1.29 is 9.47 Å². The third-order valence-corrected chi connectivity index (χ3v) is 5.43. The summed E-state index contributed by atoms with van der Waals surface area (Å²) in [5.74, 6) is 0.807. The van der Waals surface area contributed by atoms with Crippen molar-refractivity contribution in [3.8, 4) is 0 Å². The van der Waals surface area contributed by atoms with E-state index in [9.17, 15) is 0 Å². The monoisotopic (exact) mass is 557 g/mol. The van der Waals surface area contributed by atoms with E-state index in [1.54, 1.807) is 7.05 Å². The molecule has 5 nitrogen and oxygen atoms in total. The highest BCUT2D eigenvalue weighted by molar-refractivity contribution is 14.0. The number of ether oxygens (including phenoxy) is 2. The molecule has 3 unspecified atom stereocenters. The zero-order valence-electron chi connectivity index (χ0n) is 15.5. The number of aliphatic imine (C=N–C) groups is 1. The molecule has 2 rings (SSSR count). The predicted octanol–water partition coefficient (Wildman–Crippen LogP) is 3.91. The van der Waals surface area contributed by atoms with Crippen molar-refractivity contribution >= 4 is 57.6 Å². The van der Waals surface area contributed by atoms with E-state index in [4.69, 9.17) is 9.47 Å². The van der Waals surface area contributed by atoms with Crippen molar-refractivity contribution in [3.05, 3.63) is 28.7 Å². The molecular weight excluding hydrogens is 529 g/mol. The van der Waals surface area contributed by atoms with Crippen LogP contribution in [0.3, 0.4) is 0 Å². The maximum Gasteiger partial charge on any atom is 0.191 e. The predicted molar refractivity (Wildman–Crippen MR) is 124 cm³/mol. The molecule has 148 valence electrons. The molecule has 1 aliphatic heterocycles. The van der Waals surface area contributed by atoms with Crippen LogP contribution in [0.15, 0.2) is 38.6 Å². The standard InChI is InChI=1S/C18H28BrN3O2S.HI/c1-13(11-24-16-8-9-23-12-16)22-18(20-3)21-10-14(2)25-17-6-4-15(19)5-7-17;/h4-7,13-14,16H,8-12H2,1-3H3,(H2,20,21,22);1H. The molecule has 1 fully saturated rings. The summed E-state index contributed by atoms with van der Waals surface area (Å²) in [5.41, 5.74) is 0. The summed E-state index contributed by atoms with van der Waals surface area (Å²) in [4.78, 5) is 5.56. The smallest absolute Gasteiger partial charge is 0.191 e. The third kappa shape index (κ3) is 9.25. The van der Waals surface area contributed by atoms with E-state index >= 15 is 0 Å². The van der Waals surface area contributed by atoms with Crippen molar-refractivity contribution in [2.24, 2.45) is 4.99 Å². The Morgan fingerprint density at radius 3 is 2.73 bits per heavy atom. The van der Waals surface area contributed by atoms with Gasteiger partial charge in [0, 0.05) is 40.9 Å². The summed E-state index contributed by atoms with van der Waals surface area (Å²) in [6.45, 7) is 7.32. The lowest BCUT2D eigenvalue weighted by atomic mass is 10.3.